The van der Waals surface area contributed by atoms with Gasteiger partial charge in [0.25, 0.3) is 0 Å². The van der Waals surface area contributed by atoms with E-state index in [1.165, 1.54) is 122 Å². The minimum absolute atomic E-state index is 0.120. The zero-order valence-corrected chi connectivity index (χ0v) is 43.5. The molecular formula is C76H52N2. The number of benzene rings is 12. The van der Waals surface area contributed by atoms with Crippen molar-refractivity contribution in [3.05, 3.63) is 312 Å². The first kappa shape index (κ1) is 44.5. The van der Waals surface area contributed by atoms with E-state index in [4.69, 9.17) is 0 Å². The van der Waals surface area contributed by atoms with Crippen LogP contribution in [0.25, 0.3) is 94.3 Å². The van der Waals surface area contributed by atoms with Crippen LogP contribution in [0, 0.1) is 0 Å². The van der Waals surface area contributed by atoms with Gasteiger partial charge in [0.05, 0.1) is 16.4 Å². The lowest BCUT2D eigenvalue weighted by Gasteiger charge is -2.35. The second-order valence-corrected chi connectivity index (χ2v) is 21.9. The van der Waals surface area contributed by atoms with Crippen molar-refractivity contribution in [1.82, 2.24) is 4.57 Å². The Morgan fingerprint density at radius 1 is 0.269 bits per heavy atom. The molecule has 366 valence electrons. The van der Waals surface area contributed by atoms with Crippen LogP contribution in [0.3, 0.4) is 0 Å². The molecule has 3 aliphatic rings. The number of anilines is 3. The highest BCUT2D eigenvalue weighted by Crippen LogP contribution is 2.62. The van der Waals surface area contributed by atoms with Crippen LogP contribution in [0.2, 0.25) is 0 Å². The molecule has 0 saturated heterocycles. The Kier molecular flexibility index (Phi) is 9.63. The van der Waals surface area contributed by atoms with Crippen LogP contribution in [-0.2, 0) is 10.8 Å². The number of para-hydroxylation sites is 1. The van der Waals surface area contributed by atoms with Crippen LogP contribution in [0.4, 0.5) is 17.1 Å². The Labute approximate surface area is 455 Å². The average molecular weight is 993 g/mol. The third kappa shape index (κ3) is 6.32. The standard InChI is InChI=1S/C76H52N2/c1-75(2)67-27-13-8-24-61(67)63-43-41-55(47-71(63)75)77(53-37-32-50(33-38-53)49-18-4-3-5-19-49)54-39-34-51(35-40-54)52-36-45-74-66(46-52)65-26-12-17-31-73(65)78(74)56-42-44-64-62-25-11-16-30-70(62)76(72(64)48-56)68-28-14-9-22-59(68)57-20-6-7-21-58(57)60-23-10-15-29-69(60)76/h3-48H,1-2H3. The smallest absolute Gasteiger partial charge is 0.0726 e. The summed E-state index contributed by atoms with van der Waals surface area (Å²) < 4.78 is 2.50. The largest absolute Gasteiger partial charge is 0.310 e. The van der Waals surface area contributed by atoms with E-state index in [0.717, 1.165) is 22.7 Å². The predicted molar refractivity (Wildman–Crippen MR) is 326 cm³/mol. The fraction of sp³-hybridized carbons (Fsp3) is 0.0526. The molecule has 0 atom stereocenters. The Balaban J connectivity index is 0.822. The number of fused-ring (bicyclic) bond motifs is 18. The molecule has 12 aromatic carbocycles. The van der Waals surface area contributed by atoms with Crippen molar-refractivity contribution in [2.45, 2.75) is 24.7 Å². The van der Waals surface area contributed by atoms with Gasteiger partial charge in [0.2, 0.25) is 0 Å². The van der Waals surface area contributed by atoms with Crippen molar-refractivity contribution in [2.75, 3.05) is 4.90 Å². The second kappa shape index (κ2) is 16.9. The highest BCUT2D eigenvalue weighted by Gasteiger charge is 2.50. The van der Waals surface area contributed by atoms with Gasteiger partial charge in [-0.3, -0.25) is 0 Å². The summed E-state index contributed by atoms with van der Waals surface area (Å²) in [5.41, 5.74) is 29.3. The Bertz CT molecular complexity index is 4510. The van der Waals surface area contributed by atoms with Gasteiger partial charge in [0.15, 0.2) is 0 Å². The summed E-state index contributed by atoms with van der Waals surface area (Å²) in [6, 6.07) is 104. The van der Waals surface area contributed by atoms with Crippen LogP contribution in [-0.4, -0.2) is 4.57 Å². The molecule has 0 saturated carbocycles. The second-order valence-electron chi connectivity index (χ2n) is 21.9. The van der Waals surface area contributed by atoms with Crippen molar-refractivity contribution in [3.8, 4) is 72.4 Å². The van der Waals surface area contributed by atoms with Gasteiger partial charge < -0.3 is 9.47 Å². The van der Waals surface area contributed by atoms with Gasteiger partial charge in [-0.2, -0.15) is 0 Å². The molecule has 1 aromatic heterocycles. The summed E-state index contributed by atoms with van der Waals surface area (Å²) in [5.74, 6) is 0. The quantitative estimate of drug-likeness (QED) is 0.161. The maximum atomic E-state index is 2.51. The van der Waals surface area contributed by atoms with Crippen LogP contribution < -0.4 is 4.90 Å². The molecule has 3 aliphatic carbocycles. The van der Waals surface area contributed by atoms with Gasteiger partial charge in [-0.1, -0.05) is 226 Å². The summed E-state index contributed by atoms with van der Waals surface area (Å²) in [5, 5.41) is 2.46. The molecule has 1 heterocycles. The fourth-order valence-electron chi connectivity index (χ4n) is 14.1. The first-order valence-electron chi connectivity index (χ1n) is 27.3. The third-order valence-electron chi connectivity index (χ3n) is 17.6. The van der Waals surface area contributed by atoms with Crippen molar-refractivity contribution >= 4 is 38.9 Å². The number of aromatic nitrogens is 1. The van der Waals surface area contributed by atoms with Gasteiger partial charge in [-0.25, -0.2) is 0 Å². The Hall–Kier alpha value is -9.76. The minimum Gasteiger partial charge on any atom is -0.310 e. The molecule has 13 aromatic rings. The average Bonchev–Trinajstić information content (AvgIpc) is 4.15. The maximum Gasteiger partial charge on any atom is 0.0726 e. The first-order chi connectivity index (χ1) is 38.4. The summed E-state index contributed by atoms with van der Waals surface area (Å²) in [6.45, 7) is 4.72. The van der Waals surface area contributed by atoms with Gasteiger partial charge in [0.1, 0.15) is 0 Å². The zero-order valence-electron chi connectivity index (χ0n) is 43.5. The lowest BCUT2D eigenvalue weighted by atomic mass is 9.66. The van der Waals surface area contributed by atoms with Crippen LogP contribution in [0.1, 0.15) is 47.2 Å². The molecule has 2 nitrogen and oxygen atoms in total. The summed E-state index contributed by atoms with van der Waals surface area (Å²) in [7, 11) is 0. The number of hydrogen-bond acceptors (Lipinski definition) is 1. The van der Waals surface area contributed by atoms with Crippen molar-refractivity contribution < 1.29 is 0 Å². The van der Waals surface area contributed by atoms with Gasteiger partial charge in [-0.15, -0.1) is 0 Å². The van der Waals surface area contributed by atoms with Crippen molar-refractivity contribution in [1.29, 1.82) is 0 Å². The molecule has 0 N–H and O–H groups in total. The summed E-state index contributed by atoms with van der Waals surface area (Å²) >= 11 is 0. The monoisotopic (exact) mass is 992 g/mol. The van der Waals surface area contributed by atoms with E-state index in [1.54, 1.807) is 0 Å². The van der Waals surface area contributed by atoms with Gasteiger partial charge >= 0.3 is 0 Å². The van der Waals surface area contributed by atoms with E-state index in [-0.39, 0.29) is 5.41 Å². The summed E-state index contributed by atoms with van der Waals surface area (Å²) in [6.07, 6.45) is 0. The molecule has 1 spiro atoms. The van der Waals surface area contributed by atoms with E-state index in [1.807, 2.05) is 0 Å². The maximum absolute atomic E-state index is 2.51. The first-order valence-corrected chi connectivity index (χ1v) is 27.3. The Morgan fingerprint density at radius 3 is 1.32 bits per heavy atom. The number of nitrogens with zero attached hydrogens (tertiary/aromatic N) is 2. The third-order valence-corrected chi connectivity index (χ3v) is 17.6. The normalized spacial score (nSPS) is 13.7. The van der Waals surface area contributed by atoms with Gasteiger partial charge in [-0.05, 0) is 167 Å². The van der Waals surface area contributed by atoms with Crippen molar-refractivity contribution in [3.63, 3.8) is 0 Å². The van der Waals surface area contributed by atoms with Gasteiger partial charge in [0, 0.05) is 38.9 Å². The molecule has 78 heavy (non-hydrogen) atoms. The lowest BCUT2D eigenvalue weighted by molar-refractivity contribution is 0.660. The van der Waals surface area contributed by atoms with Crippen molar-refractivity contribution in [2.24, 2.45) is 0 Å². The minimum atomic E-state index is -0.559. The van der Waals surface area contributed by atoms with Crippen LogP contribution >= 0.6 is 0 Å². The summed E-state index contributed by atoms with van der Waals surface area (Å²) in [4.78, 5) is 2.42. The zero-order chi connectivity index (χ0) is 51.7. The topological polar surface area (TPSA) is 8.17 Å². The van der Waals surface area contributed by atoms with E-state index in [0.29, 0.717) is 0 Å². The molecule has 0 fully saturated rings. The van der Waals surface area contributed by atoms with E-state index < -0.39 is 5.41 Å². The molecule has 0 radical (unpaired) electrons. The van der Waals surface area contributed by atoms with E-state index in [9.17, 15) is 0 Å². The molecule has 0 amide bonds. The number of hydrogen-bond donors (Lipinski definition) is 0. The van der Waals surface area contributed by atoms with Crippen LogP contribution in [0.5, 0.6) is 0 Å². The highest BCUT2D eigenvalue weighted by atomic mass is 15.1. The lowest BCUT2D eigenvalue weighted by Crippen LogP contribution is -2.29. The van der Waals surface area contributed by atoms with E-state index >= 15 is 0 Å². The predicted octanol–water partition coefficient (Wildman–Crippen LogP) is 19.9. The molecule has 0 aliphatic heterocycles. The SMILES string of the molecule is CC1(C)c2ccccc2-c2ccc(N(c3ccc(-c4ccccc4)cc3)c3ccc(-c4ccc5c(c4)c4ccccc4n5-c4ccc5c(c4)C4(c6ccccc6-c6ccccc6-c6ccccc64)c4ccccc4-5)cc3)cc21. The molecule has 0 bridgehead atoms. The molecule has 0 unspecified atom stereocenters. The Morgan fingerprint density at radius 2 is 0.692 bits per heavy atom. The molecular weight excluding hydrogens is 941 g/mol. The number of rotatable bonds is 6. The van der Waals surface area contributed by atoms with Crippen LogP contribution in [0.15, 0.2) is 279 Å². The molecule has 16 rings (SSSR count). The van der Waals surface area contributed by atoms with E-state index in [2.05, 4.69) is 302 Å². The molecule has 2 heteroatoms. The fourth-order valence-corrected chi connectivity index (χ4v) is 14.1. The highest BCUT2D eigenvalue weighted by molar-refractivity contribution is 6.11.